The van der Waals surface area contributed by atoms with Gasteiger partial charge < -0.3 is 24.6 Å². The van der Waals surface area contributed by atoms with Gasteiger partial charge in [0, 0.05) is 62.8 Å². The van der Waals surface area contributed by atoms with Crippen LogP contribution in [0.3, 0.4) is 0 Å². The molecule has 4 heterocycles. The van der Waals surface area contributed by atoms with Crippen LogP contribution >= 0.6 is 0 Å². The van der Waals surface area contributed by atoms with Crippen molar-refractivity contribution in [2.75, 3.05) is 44.4 Å². The highest BCUT2D eigenvalue weighted by atomic mass is 19.1. The summed E-state index contributed by atoms with van der Waals surface area (Å²) in [7, 11) is 0. The fourth-order valence-electron chi connectivity index (χ4n) is 7.45. The van der Waals surface area contributed by atoms with Gasteiger partial charge in [-0.2, -0.15) is 0 Å². The van der Waals surface area contributed by atoms with E-state index in [4.69, 9.17) is 19.6 Å². The van der Waals surface area contributed by atoms with E-state index < -0.39 is 11.6 Å². The van der Waals surface area contributed by atoms with Crippen molar-refractivity contribution in [3.8, 4) is 11.1 Å². The molecular weight excluding hydrogens is 657 g/mol. The first-order valence-corrected chi connectivity index (χ1v) is 19.0. The Labute approximate surface area is 310 Å². The zero-order chi connectivity index (χ0) is 37.6. The first-order chi connectivity index (χ1) is 24.6. The van der Waals surface area contributed by atoms with Gasteiger partial charge in [0.25, 0.3) is 0 Å². The Bertz CT molecular complexity index is 1680. The van der Waals surface area contributed by atoms with Crippen LogP contribution in [0.25, 0.3) is 11.1 Å². The molecule has 2 N–H and O–H groups in total. The van der Waals surface area contributed by atoms with Crippen molar-refractivity contribution < 1.29 is 28.9 Å². The minimum atomic E-state index is -0.843. The molecule has 6 rings (SSSR count). The number of halogens is 1. The quantitative estimate of drug-likeness (QED) is 0.218. The first-order valence-electron chi connectivity index (χ1n) is 19.0. The number of aliphatic carboxylic acids is 1. The maximum atomic E-state index is 13.7. The van der Waals surface area contributed by atoms with E-state index in [0.29, 0.717) is 19.1 Å². The van der Waals surface area contributed by atoms with E-state index in [1.807, 2.05) is 19.9 Å². The molecule has 0 radical (unpaired) electrons. The molecule has 3 aliphatic rings. The second kappa shape index (κ2) is 17.2. The summed E-state index contributed by atoms with van der Waals surface area (Å²) in [5.74, 6) is -0.556. The van der Waals surface area contributed by atoms with Crippen molar-refractivity contribution in [3.05, 3.63) is 81.4 Å². The highest BCUT2D eigenvalue weighted by Gasteiger charge is 2.31. The molecule has 9 heteroatoms. The van der Waals surface area contributed by atoms with Crippen LogP contribution in [-0.4, -0.2) is 71.1 Å². The lowest BCUT2D eigenvalue weighted by Crippen LogP contribution is -2.38. The third-order valence-corrected chi connectivity index (χ3v) is 10.5. The van der Waals surface area contributed by atoms with Gasteiger partial charge in [0.05, 0.1) is 36.6 Å². The second-order valence-corrected chi connectivity index (χ2v) is 16.8. The number of anilines is 1. The molecule has 0 amide bonds. The molecule has 0 unspecified atom stereocenters. The van der Waals surface area contributed by atoms with E-state index in [2.05, 4.69) is 41.8 Å². The predicted octanol–water partition coefficient (Wildman–Crippen LogP) is 8.04. The Kier molecular flexibility index (Phi) is 13.2. The van der Waals surface area contributed by atoms with Crippen LogP contribution in [0.4, 0.5) is 10.1 Å². The lowest BCUT2D eigenvalue weighted by Gasteiger charge is -2.40. The lowest BCUT2D eigenvalue weighted by atomic mass is 9.81. The molecule has 2 aromatic carbocycles. The van der Waals surface area contributed by atoms with Crippen molar-refractivity contribution in [2.24, 2.45) is 11.3 Å². The fraction of sp³-hybridized carbons (Fsp3) is 0.581. The van der Waals surface area contributed by atoms with E-state index in [1.54, 1.807) is 32.9 Å². The molecule has 0 atom stereocenters. The Balaban J connectivity index is 0.000000979. The second-order valence-electron chi connectivity index (χ2n) is 16.8. The van der Waals surface area contributed by atoms with Crippen LogP contribution < -0.4 is 4.90 Å². The predicted molar refractivity (Wildman–Crippen MR) is 205 cm³/mol. The number of piperidine rings is 1. The van der Waals surface area contributed by atoms with Crippen molar-refractivity contribution in [1.29, 1.82) is 0 Å². The van der Waals surface area contributed by atoms with Gasteiger partial charge in [0.15, 0.2) is 0 Å². The molecule has 8 nitrogen and oxygen atoms in total. The number of aliphatic hydroxyl groups is 1. The van der Waals surface area contributed by atoms with Gasteiger partial charge in [0.1, 0.15) is 5.82 Å². The maximum Gasteiger partial charge on any atom is 0.307 e. The SMILES string of the molecule is CC(C)(C)O.Cc1cc(F)ccc1CN1CCc2cc(-c3c(COCC4CCOCC4)nc(C)c(CC(=O)O)c3N3CCC(C)(C)CC3)ccc2C1. The Hall–Kier alpha value is -3.37. The number of carboxylic acids is 1. The number of carbonyl (C=O) groups is 1. The van der Waals surface area contributed by atoms with Gasteiger partial charge in [-0.25, -0.2) is 4.39 Å². The Morgan fingerprint density at radius 1 is 1.04 bits per heavy atom. The molecule has 52 heavy (non-hydrogen) atoms. The number of nitrogens with zero attached hydrogens (tertiary/aromatic N) is 3. The molecule has 0 bridgehead atoms. The number of aryl methyl sites for hydroxylation is 2. The molecule has 0 saturated carbocycles. The standard InChI is InChI=1S/C39H50FN3O4.C4H10O/c1-26-19-33(40)8-7-31(26)22-42-14-9-29-20-30(5-6-32(29)23-42)37-35(25-47-24-28-10-17-46-18-11-28)41-27(2)34(21-36(44)45)38(37)43-15-12-39(3,4)13-16-43;1-4(2,3)5/h5-8,19-20,28H,9-18,21-25H2,1-4H3,(H,44,45);5H,1-3H3. The molecule has 2 saturated heterocycles. The average Bonchev–Trinajstić information content (AvgIpc) is 3.06. The molecule has 3 aliphatic heterocycles. The summed E-state index contributed by atoms with van der Waals surface area (Å²) >= 11 is 0. The van der Waals surface area contributed by atoms with Gasteiger partial charge in [0.2, 0.25) is 0 Å². The number of pyridine rings is 1. The Morgan fingerprint density at radius 3 is 2.38 bits per heavy atom. The molecule has 3 aromatic rings. The van der Waals surface area contributed by atoms with Crippen LogP contribution in [0, 0.1) is 31.0 Å². The van der Waals surface area contributed by atoms with Gasteiger partial charge in [-0.15, -0.1) is 0 Å². The van der Waals surface area contributed by atoms with Crippen molar-refractivity contribution in [2.45, 2.75) is 112 Å². The molecule has 0 spiro atoms. The summed E-state index contributed by atoms with van der Waals surface area (Å²) < 4.78 is 25.7. The molecular formula is C43H60FN3O5. The maximum absolute atomic E-state index is 13.7. The van der Waals surface area contributed by atoms with E-state index in [1.165, 1.54) is 11.1 Å². The summed E-state index contributed by atoms with van der Waals surface area (Å²) in [4.78, 5) is 22.2. The van der Waals surface area contributed by atoms with Crippen LogP contribution in [0.1, 0.15) is 99.5 Å². The smallest absolute Gasteiger partial charge is 0.307 e. The van der Waals surface area contributed by atoms with Gasteiger partial charge in [-0.1, -0.05) is 38.1 Å². The minimum absolute atomic E-state index is 0.0625. The minimum Gasteiger partial charge on any atom is -0.481 e. The Morgan fingerprint density at radius 2 is 1.73 bits per heavy atom. The molecule has 1 aromatic heterocycles. The topological polar surface area (TPSA) is 95.4 Å². The van der Waals surface area contributed by atoms with E-state index in [9.17, 15) is 14.3 Å². The zero-order valence-corrected chi connectivity index (χ0v) is 32.5. The van der Waals surface area contributed by atoms with E-state index >= 15 is 0 Å². The van der Waals surface area contributed by atoms with Crippen LogP contribution in [0.2, 0.25) is 0 Å². The first kappa shape index (κ1) is 39.8. The summed E-state index contributed by atoms with van der Waals surface area (Å²) in [6.45, 7) is 20.7. The summed E-state index contributed by atoms with van der Waals surface area (Å²) in [6, 6.07) is 11.8. The van der Waals surface area contributed by atoms with Gasteiger partial charge in [-0.3, -0.25) is 14.7 Å². The summed E-state index contributed by atoms with van der Waals surface area (Å²) in [6.07, 6.45) is 4.95. The van der Waals surface area contributed by atoms with Crippen LogP contribution in [-0.2, 0) is 46.8 Å². The number of rotatable bonds is 10. The van der Waals surface area contributed by atoms with Gasteiger partial charge >= 0.3 is 5.97 Å². The number of hydrogen-bond acceptors (Lipinski definition) is 7. The molecule has 284 valence electrons. The number of fused-ring (bicyclic) bond motifs is 1. The van der Waals surface area contributed by atoms with Crippen molar-refractivity contribution in [3.63, 3.8) is 0 Å². The number of carboxylic acid groups (broad SMARTS) is 1. The summed E-state index contributed by atoms with van der Waals surface area (Å²) in [5.41, 5.74) is 10.1. The fourth-order valence-corrected chi connectivity index (χ4v) is 7.45. The van der Waals surface area contributed by atoms with Crippen LogP contribution in [0.5, 0.6) is 0 Å². The molecule has 0 aliphatic carbocycles. The molecule has 2 fully saturated rings. The van der Waals surface area contributed by atoms with Crippen molar-refractivity contribution in [1.82, 2.24) is 9.88 Å². The number of ether oxygens (including phenoxy) is 2. The monoisotopic (exact) mass is 717 g/mol. The normalized spacial score (nSPS) is 18.1. The summed E-state index contributed by atoms with van der Waals surface area (Å²) in [5, 5.41) is 18.5. The van der Waals surface area contributed by atoms with Crippen LogP contribution in [0.15, 0.2) is 36.4 Å². The average molecular weight is 718 g/mol. The highest BCUT2D eigenvalue weighted by molar-refractivity contribution is 5.87. The van der Waals surface area contributed by atoms with E-state index in [0.717, 1.165) is 123 Å². The highest BCUT2D eigenvalue weighted by Crippen LogP contribution is 2.43. The van der Waals surface area contributed by atoms with E-state index in [-0.39, 0.29) is 17.7 Å². The third-order valence-electron chi connectivity index (χ3n) is 10.5. The van der Waals surface area contributed by atoms with Crippen molar-refractivity contribution >= 4 is 11.7 Å². The third kappa shape index (κ3) is 11.1. The zero-order valence-electron chi connectivity index (χ0n) is 32.5. The lowest BCUT2D eigenvalue weighted by molar-refractivity contribution is -0.136. The number of benzene rings is 2. The number of aromatic nitrogens is 1. The largest absolute Gasteiger partial charge is 0.481 e. The van der Waals surface area contributed by atoms with Gasteiger partial charge in [-0.05, 0) is 118 Å². The number of hydrogen-bond donors (Lipinski definition) is 2.